The molecule has 0 fully saturated rings. The molecule has 0 unspecified atom stereocenters. The van der Waals surface area contributed by atoms with Gasteiger partial charge in [-0.2, -0.15) is 0 Å². The van der Waals surface area contributed by atoms with Crippen LogP contribution < -0.4 is 0 Å². The average Bonchev–Trinajstić information content (AvgIpc) is 2.08. The van der Waals surface area contributed by atoms with Gasteiger partial charge in [0.15, 0.2) is 0 Å². The van der Waals surface area contributed by atoms with Gasteiger partial charge in [0.25, 0.3) is 0 Å². The van der Waals surface area contributed by atoms with Crippen LogP contribution in [-0.2, 0) is 0 Å². The quantitative estimate of drug-likeness (QED) is 0.382. The van der Waals surface area contributed by atoms with E-state index in [2.05, 4.69) is 47.3 Å². The van der Waals surface area contributed by atoms with E-state index in [0.29, 0.717) is 0 Å². The molecule has 0 nitrogen and oxygen atoms in total. The standard InChI is InChI=1S/C9H16.C3H6.C2H6/c1-7(2)6-9(5)8(3)4;1-3-2;1-2/h6H,1-5H3;3H,1H2,2H3;1-2H3. The van der Waals surface area contributed by atoms with Crippen molar-refractivity contribution in [2.45, 2.75) is 55.4 Å². The highest BCUT2D eigenvalue weighted by Crippen LogP contribution is 2.05. The first-order valence-electron chi connectivity index (χ1n) is 5.31. The van der Waals surface area contributed by atoms with Gasteiger partial charge in [0, 0.05) is 0 Å². The molecule has 0 aromatic carbocycles. The summed E-state index contributed by atoms with van der Waals surface area (Å²) in [5, 5.41) is 0. The van der Waals surface area contributed by atoms with Gasteiger partial charge in [-0.1, -0.05) is 42.7 Å². The molecule has 14 heavy (non-hydrogen) atoms. The van der Waals surface area contributed by atoms with E-state index < -0.39 is 0 Å². The topological polar surface area (TPSA) is 0 Å². The molecule has 0 radical (unpaired) electrons. The molecule has 0 heteroatoms. The first kappa shape index (κ1) is 18.9. The van der Waals surface area contributed by atoms with Gasteiger partial charge in [0.1, 0.15) is 0 Å². The molecule has 0 bridgehead atoms. The molecule has 0 amide bonds. The Morgan fingerprint density at radius 1 is 0.929 bits per heavy atom. The molecule has 0 aliphatic heterocycles. The van der Waals surface area contributed by atoms with Gasteiger partial charge in [-0.05, 0) is 41.5 Å². The summed E-state index contributed by atoms with van der Waals surface area (Å²) in [5.74, 6) is 0. The fraction of sp³-hybridized carbons (Fsp3) is 0.571. The number of hydrogen-bond acceptors (Lipinski definition) is 0. The Morgan fingerprint density at radius 2 is 1.21 bits per heavy atom. The van der Waals surface area contributed by atoms with Crippen LogP contribution in [0.2, 0.25) is 0 Å². The van der Waals surface area contributed by atoms with Crippen LogP contribution in [0.4, 0.5) is 0 Å². The predicted octanol–water partition coefficient (Wildman–Crippen LogP) is 5.53. The summed E-state index contributed by atoms with van der Waals surface area (Å²) in [5.41, 5.74) is 4.15. The Balaban J connectivity index is -0.000000205. The largest absolute Gasteiger partial charge is 0.103 e. The highest BCUT2D eigenvalue weighted by Gasteiger charge is 1.84. The summed E-state index contributed by atoms with van der Waals surface area (Å²) in [6.07, 6.45) is 3.95. The Hall–Kier alpha value is -0.780. The average molecular weight is 196 g/mol. The van der Waals surface area contributed by atoms with Crippen molar-refractivity contribution in [3.63, 3.8) is 0 Å². The fourth-order valence-corrected chi connectivity index (χ4v) is 0.577. The van der Waals surface area contributed by atoms with Crippen LogP contribution in [0.15, 0.2) is 35.5 Å². The molecular formula is C14H28. The van der Waals surface area contributed by atoms with Crippen molar-refractivity contribution in [2.75, 3.05) is 0 Å². The van der Waals surface area contributed by atoms with Gasteiger partial charge >= 0.3 is 0 Å². The molecule has 0 aromatic rings. The van der Waals surface area contributed by atoms with Crippen LogP contribution in [0.1, 0.15) is 55.4 Å². The van der Waals surface area contributed by atoms with Crippen LogP contribution in [0.25, 0.3) is 0 Å². The molecule has 0 saturated carbocycles. The van der Waals surface area contributed by atoms with Crippen molar-refractivity contribution in [1.29, 1.82) is 0 Å². The molecule has 0 spiro atoms. The zero-order chi connectivity index (χ0) is 12.1. The van der Waals surface area contributed by atoms with E-state index in [-0.39, 0.29) is 0 Å². The summed E-state index contributed by atoms with van der Waals surface area (Å²) >= 11 is 0. The van der Waals surface area contributed by atoms with Crippen LogP contribution >= 0.6 is 0 Å². The van der Waals surface area contributed by atoms with E-state index in [1.165, 1.54) is 16.7 Å². The fourth-order valence-electron chi connectivity index (χ4n) is 0.577. The second-order valence-corrected chi connectivity index (χ2v) is 3.31. The lowest BCUT2D eigenvalue weighted by Crippen LogP contribution is -1.74. The van der Waals surface area contributed by atoms with E-state index in [9.17, 15) is 0 Å². The summed E-state index contributed by atoms with van der Waals surface area (Å²) in [7, 11) is 0. The maximum atomic E-state index is 3.36. The van der Waals surface area contributed by atoms with Gasteiger partial charge in [-0.15, -0.1) is 6.58 Å². The van der Waals surface area contributed by atoms with E-state index in [4.69, 9.17) is 0 Å². The highest BCUT2D eigenvalue weighted by atomic mass is 13.9. The van der Waals surface area contributed by atoms with Gasteiger partial charge in [0.2, 0.25) is 0 Å². The van der Waals surface area contributed by atoms with Gasteiger partial charge < -0.3 is 0 Å². The monoisotopic (exact) mass is 196 g/mol. The van der Waals surface area contributed by atoms with Crippen molar-refractivity contribution in [2.24, 2.45) is 0 Å². The lowest BCUT2D eigenvalue weighted by molar-refractivity contribution is 1.26. The Kier molecular flexibility index (Phi) is 19.9. The number of rotatable bonds is 1. The second kappa shape index (κ2) is 14.7. The van der Waals surface area contributed by atoms with E-state index in [1.807, 2.05) is 20.8 Å². The van der Waals surface area contributed by atoms with Crippen LogP contribution in [0.5, 0.6) is 0 Å². The second-order valence-electron chi connectivity index (χ2n) is 3.31. The third-order valence-electron chi connectivity index (χ3n) is 1.29. The van der Waals surface area contributed by atoms with Crippen molar-refractivity contribution in [3.05, 3.63) is 35.5 Å². The Labute approximate surface area is 91.4 Å². The minimum absolute atomic E-state index is 1.37. The van der Waals surface area contributed by atoms with Crippen molar-refractivity contribution in [1.82, 2.24) is 0 Å². The predicted molar refractivity (Wildman–Crippen MR) is 70.7 cm³/mol. The van der Waals surface area contributed by atoms with E-state index in [0.717, 1.165) is 0 Å². The molecule has 0 heterocycles. The molecule has 0 N–H and O–H groups in total. The van der Waals surface area contributed by atoms with Gasteiger partial charge in [0.05, 0.1) is 0 Å². The van der Waals surface area contributed by atoms with Crippen molar-refractivity contribution in [3.8, 4) is 0 Å². The SMILES string of the molecule is C=CC.CC.CC(C)=CC(C)=C(C)C. The summed E-state index contributed by atoms with van der Waals surface area (Å²) < 4.78 is 0. The van der Waals surface area contributed by atoms with E-state index in [1.54, 1.807) is 6.08 Å². The molecule has 0 atom stereocenters. The zero-order valence-corrected chi connectivity index (χ0v) is 11.4. The third kappa shape index (κ3) is 22.5. The highest BCUT2D eigenvalue weighted by molar-refractivity contribution is 5.23. The Bertz CT molecular complexity index is 172. The molecule has 0 rings (SSSR count). The maximum Gasteiger partial charge on any atom is -0.0398 e. The van der Waals surface area contributed by atoms with Gasteiger partial charge in [-0.3, -0.25) is 0 Å². The first-order valence-corrected chi connectivity index (χ1v) is 5.31. The number of allylic oxidation sites excluding steroid dienone is 5. The van der Waals surface area contributed by atoms with Crippen LogP contribution in [0, 0.1) is 0 Å². The van der Waals surface area contributed by atoms with Gasteiger partial charge in [-0.25, -0.2) is 0 Å². The van der Waals surface area contributed by atoms with Crippen LogP contribution in [0.3, 0.4) is 0 Å². The number of hydrogen-bond donors (Lipinski definition) is 0. The smallest absolute Gasteiger partial charge is 0.0398 e. The third-order valence-corrected chi connectivity index (χ3v) is 1.29. The summed E-state index contributed by atoms with van der Waals surface area (Å²) in [6, 6.07) is 0. The maximum absolute atomic E-state index is 3.36. The molecule has 0 aliphatic rings. The first-order chi connectivity index (χ1) is 6.45. The molecular weight excluding hydrogens is 168 g/mol. The van der Waals surface area contributed by atoms with Crippen LogP contribution in [-0.4, -0.2) is 0 Å². The lowest BCUT2D eigenvalue weighted by atomic mass is 10.1. The minimum atomic E-state index is 1.37. The summed E-state index contributed by atoms with van der Waals surface area (Å²) in [4.78, 5) is 0. The molecule has 0 aromatic heterocycles. The summed E-state index contributed by atoms with van der Waals surface area (Å²) in [6.45, 7) is 19.9. The van der Waals surface area contributed by atoms with E-state index >= 15 is 0 Å². The normalized spacial score (nSPS) is 6.86. The molecule has 0 aliphatic carbocycles. The molecule has 0 saturated heterocycles. The molecule has 84 valence electrons. The van der Waals surface area contributed by atoms with Crippen molar-refractivity contribution < 1.29 is 0 Å². The minimum Gasteiger partial charge on any atom is -0.103 e. The zero-order valence-electron chi connectivity index (χ0n) is 11.4. The lowest BCUT2D eigenvalue weighted by Gasteiger charge is -1.95. The Morgan fingerprint density at radius 3 is 1.29 bits per heavy atom. The van der Waals surface area contributed by atoms with Crippen molar-refractivity contribution >= 4 is 0 Å².